The zero-order chi connectivity index (χ0) is 19.5. The Hall–Kier alpha value is -3.49. The summed E-state index contributed by atoms with van der Waals surface area (Å²) < 4.78 is 0. The molecule has 3 aromatic rings. The lowest BCUT2D eigenvalue weighted by atomic mass is 10.1. The van der Waals surface area contributed by atoms with E-state index in [0.717, 1.165) is 47.6 Å². The van der Waals surface area contributed by atoms with Gasteiger partial charge in [0, 0.05) is 56.0 Å². The van der Waals surface area contributed by atoms with Crippen LogP contribution in [-0.2, 0) is 0 Å². The molecule has 1 aliphatic rings. The molecular weight excluding hydrogens is 358 g/mol. The molecule has 1 atom stereocenters. The van der Waals surface area contributed by atoms with Gasteiger partial charge >= 0.3 is 0 Å². The molecule has 2 aromatic heterocycles. The summed E-state index contributed by atoms with van der Waals surface area (Å²) in [6.45, 7) is 1.66. The number of anilines is 3. The summed E-state index contributed by atoms with van der Waals surface area (Å²) in [6.07, 6.45) is 5.40. The number of nitro benzene ring substituents is 1. The lowest BCUT2D eigenvalue weighted by molar-refractivity contribution is -0.384. The second kappa shape index (κ2) is 7.63. The fourth-order valence-electron chi connectivity index (χ4n) is 3.62. The van der Waals surface area contributed by atoms with Crippen molar-refractivity contribution in [2.75, 3.05) is 35.7 Å². The number of nitrogens with zero attached hydrogens (tertiary/aromatic N) is 5. The molecule has 2 N–H and O–H groups in total. The molecule has 0 aliphatic carbocycles. The Kier molecular flexibility index (Phi) is 4.88. The van der Waals surface area contributed by atoms with Gasteiger partial charge in [0.15, 0.2) is 0 Å². The van der Waals surface area contributed by atoms with Crippen molar-refractivity contribution in [1.29, 1.82) is 0 Å². The molecule has 9 nitrogen and oxygen atoms in total. The highest BCUT2D eigenvalue weighted by atomic mass is 16.6. The quantitative estimate of drug-likeness (QED) is 0.497. The average molecular weight is 379 g/mol. The lowest BCUT2D eigenvalue weighted by Crippen LogP contribution is -2.35. The van der Waals surface area contributed by atoms with E-state index in [0.29, 0.717) is 6.54 Å². The molecule has 0 bridgehead atoms. The molecule has 0 radical (unpaired) electrons. The number of pyridine rings is 1. The van der Waals surface area contributed by atoms with E-state index in [4.69, 9.17) is 0 Å². The highest BCUT2D eigenvalue weighted by molar-refractivity contribution is 5.93. The largest absolute Gasteiger partial charge is 0.373 e. The topological polar surface area (TPSA) is 109 Å². The Balaban J connectivity index is 1.52. The SMILES string of the molecule is CNc1cc(N2CCCC2CNc2nccc3cc([N+](=O)[O-])ccc23)ncn1. The molecule has 9 heteroatoms. The second-order valence-corrected chi connectivity index (χ2v) is 6.70. The zero-order valence-electron chi connectivity index (χ0n) is 15.5. The lowest BCUT2D eigenvalue weighted by Gasteiger charge is -2.26. The number of nitro groups is 1. The maximum absolute atomic E-state index is 11.0. The molecule has 1 aromatic carbocycles. The van der Waals surface area contributed by atoms with E-state index in [1.54, 1.807) is 30.7 Å². The predicted octanol–water partition coefficient (Wildman–Crippen LogP) is 3.06. The summed E-state index contributed by atoms with van der Waals surface area (Å²) in [4.78, 5) is 25.9. The zero-order valence-corrected chi connectivity index (χ0v) is 15.5. The molecule has 1 fully saturated rings. The fraction of sp³-hybridized carbons (Fsp3) is 0.316. The van der Waals surface area contributed by atoms with Crippen molar-refractivity contribution >= 4 is 33.9 Å². The molecule has 28 heavy (non-hydrogen) atoms. The van der Waals surface area contributed by atoms with E-state index in [1.165, 1.54) is 6.07 Å². The van der Waals surface area contributed by atoms with Gasteiger partial charge in [0.2, 0.25) is 0 Å². The monoisotopic (exact) mass is 379 g/mol. The predicted molar refractivity (Wildman–Crippen MR) is 109 cm³/mol. The van der Waals surface area contributed by atoms with Crippen LogP contribution >= 0.6 is 0 Å². The van der Waals surface area contributed by atoms with E-state index in [1.807, 2.05) is 13.1 Å². The number of hydrogen-bond donors (Lipinski definition) is 2. The number of rotatable bonds is 6. The maximum Gasteiger partial charge on any atom is 0.270 e. The third-order valence-corrected chi connectivity index (χ3v) is 5.04. The van der Waals surface area contributed by atoms with Crippen LogP contribution in [0.1, 0.15) is 12.8 Å². The van der Waals surface area contributed by atoms with Crippen molar-refractivity contribution in [2.24, 2.45) is 0 Å². The van der Waals surface area contributed by atoms with Gasteiger partial charge in [0.1, 0.15) is 23.8 Å². The standard InChI is InChI=1S/C19H21N7O2/c1-20-17-10-18(24-12-23-17)25-8-2-3-15(25)11-22-19-16-5-4-14(26(27)28)9-13(16)6-7-21-19/h4-7,9-10,12,15H,2-3,8,11H2,1H3,(H,21,22)(H,20,23,24). The highest BCUT2D eigenvalue weighted by Gasteiger charge is 2.26. The summed E-state index contributed by atoms with van der Waals surface area (Å²) in [6, 6.07) is 8.86. The molecule has 0 amide bonds. The Morgan fingerprint density at radius 3 is 2.96 bits per heavy atom. The van der Waals surface area contributed by atoms with Crippen LogP contribution in [0.4, 0.5) is 23.1 Å². The van der Waals surface area contributed by atoms with Gasteiger partial charge in [0.05, 0.1) is 4.92 Å². The minimum Gasteiger partial charge on any atom is -0.373 e. The van der Waals surface area contributed by atoms with Crippen LogP contribution in [0.25, 0.3) is 10.8 Å². The molecule has 0 saturated carbocycles. The number of nitrogens with one attached hydrogen (secondary N) is 2. The number of benzene rings is 1. The van der Waals surface area contributed by atoms with E-state index in [2.05, 4.69) is 30.5 Å². The number of non-ortho nitro benzene ring substituents is 1. The molecule has 144 valence electrons. The van der Waals surface area contributed by atoms with Crippen LogP contribution in [0.2, 0.25) is 0 Å². The number of hydrogen-bond acceptors (Lipinski definition) is 8. The van der Waals surface area contributed by atoms with Crippen molar-refractivity contribution in [3.8, 4) is 0 Å². The Bertz CT molecular complexity index is 1010. The smallest absolute Gasteiger partial charge is 0.270 e. The number of fused-ring (bicyclic) bond motifs is 1. The van der Waals surface area contributed by atoms with Crippen molar-refractivity contribution in [3.05, 3.63) is 53.0 Å². The van der Waals surface area contributed by atoms with Gasteiger partial charge in [-0.25, -0.2) is 15.0 Å². The highest BCUT2D eigenvalue weighted by Crippen LogP contribution is 2.28. The molecule has 0 spiro atoms. The third kappa shape index (κ3) is 3.51. The third-order valence-electron chi connectivity index (χ3n) is 5.04. The molecule has 4 rings (SSSR count). The van der Waals surface area contributed by atoms with Gasteiger partial charge in [-0.05, 0) is 30.4 Å². The van der Waals surface area contributed by atoms with Crippen LogP contribution in [-0.4, -0.2) is 46.1 Å². The summed E-state index contributed by atoms with van der Waals surface area (Å²) in [5, 5.41) is 19.1. The fourth-order valence-corrected chi connectivity index (χ4v) is 3.62. The van der Waals surface area contributed by atoms with E-state index in [9.17, 15) is 10.1 Å². The van der Waals surface area contributed by atoms with Gasteiger partial charge in [-0.1, -0.05) is 0 Å². The van der Waals surface area contributed by atoms with Crippen LogP contribution in [0, 0.1) is 10.1 Å². The second-order valence-electron chi connectivity index (χ2n) is 6.70. The van der Waals surface area contributed by atoms with Crippen molar-refractivity contribution < 1.29 is 4.92 Å². The van der Waals surface area contributed by atoms with Gasteiger partial charge in [-0.15, -0.1) is 0 Å². The van der Waals surface area contributed by atoms with Gasteiger partial charge < -0.3 is 15.5 Å². The Morgan fingerprint density at radius 1 is 1.25 bits per heavy atom. The average Bonchev–Trinajstić information content (AvgIpc) is 3.20. The minimum atomic E-state index is -0.384. The Morgan fingerprint density at radius 2 is 2.14 bits per heavy atom. The molecule has 1 unspecified atom stereocenters. The summed E-state index contributed by atoms with van der Waals surface area (Å²) >= 11 is 0. The van der Waals surface area contributed by atoms with Crippen LogP contribution in [0.5, 0.6) is 0 Å². The summed E-state index contributed by atoms with van der Waals surface area (Å²) in [5.41, 5.74) is 0.0794. The summed E-state index contributed by atoms with van der Waals surface area (Å²) in [5.74, 6) is 2.43. The Labute approximate surface area is 162 Å². The van der Waals surface area contributed by atoms with E-state index >= 15 is 0 Å². The van der Waals surface area contributed by atoms with Crippen molar-refractivity contribution in [1.82, 2.24) is 15.0 Å². The number of aromatic nitrogens is 3. The van der Waals surface area contributed by atoms with E-state index < -0.39 is 0 Å². The maximum atomic E-state index is 11.0. The summed E-state index contributed by atoms with van der Waals surface area (Å²) in [7, 11) is 1.84. The van der Waals surface area contributed by atoms with Gasteiger partial charge in [-0.3, -0.25) is 10.1 Å². The van der Waals surface area contributed by atoms with Crippen LogP contribution < -0.4 is 15.5 Å². The molecule has 1 aliphatic heterocycles. The van der Waals surface area contributed by atoms with Crippen LogP contribution in [0.3, 0.4) is 0 Å². The van der Waals surface area contributed by atoms with Crippen LogP contribution in [0.15, 0.2) is 42.9 Å². The normalized spacial score (nSPS) is 16.3. The van der Waals surface area contributed by atoms with Gasteiger partial charge in [0.25, 0.3) is 5.69 Å². The van der Waals surface area contributed by atoms with Crippen molar-refractivity contribution in [2.45, 2.75) is 18.9 Å². The molecule has 1 saturated heterocycles. The first kappa shape index (κ1) is 17.9. The molecular formula is C19H21N7O2. The minimum absolute atomic E-state index is 0.0794. The first-order valence-electron chi connectivity index (χ1n) is 9.19. The van der Waals surface area contributed by atoms with Crippen molar-refractivity contribution in [3.63, 3.8) is 0 Å². The molecule has 3 heterocycles. The van der Waals surface area contributed by atoms with E-state index in [-0.39, 0.29) is 16.7 Å². The van der Waals surface area contributed by atoms with Gasteiger partial charge in [-0.2, -0.15) is 0 Å². The first-order valence-corrected chi connectivity index (χ1v) is 9.19. The first-order chi connectivity index (χ1) is 13.7.